The van der Waals surface area contributed by atoms with E-state index in [1.807, 2.05) is 11.6 Å². The van der Waals surface area contributed by atoms with Gasteiger partial charge in [-0.3, -0.25) is 0 Å². The van der Waals surface area contributed by atoms with Gasteiger partial charge < -0.3 is 10.3 Å². The molecule has 0 unspecified atom stereocenters. The summed E-state index contributed by atoms with van der Waals surface area (Å²) in [6.45, 7) is 2.69. The van der Waals surface area contributed by atoms with E-state index in [1.54, 1.807) is 0 Å². The molecule has 4 nitrogen and oxygen atoms in total. The number of unbranched alkanes of at least 4 members (excludes halogenated alkanes) is 3. The Bertz CT molecular complexity index is 267. The molecule has 1 rings (SSSR count). The second-order valence-electron chi connectivity index (χ2n) is 3.61. The lowest BCUT2D eigenvalue weighted by molar-refractivity contribution is 0.634. The first-order chi connectivity index (χ1) is 6.79. The molecule has 0 saturated heterocycles. The fourth-order valence-corrected chi connectivity index (χ4v) is 1.50. The summed E-state index contributed by atoms with van der Waals surface area (Å²) >= 11 is 0. The van der Waals surface area contributed by atoms with Crippen LogP contribution in [0.25, 0.3) is 0 Å². The van der Waals surface area contributed by atoms with Gasteiger partial charge in [-0.25, -0.2) is 0 Å². The third-order valence-corrected chi connectivity index (χ3v) is 2.49. The maximum atomic E-state index is 5.52. The Morgan fingerprint density at radius 2 is 1.86 bits per heavy atom. The summed E-state index contributed by atoms with van der Waals surface area (Å²) in [4.78, 5) is 0. The third-order valence-electron chi connectivity index (χ3n) is 2.49. The van der Waals surface area contributed by atoms with Crippen molar-refractivity contribution >= 4 is 0 Å². The third kappa shape index (κ3) is 2.80. The number of nitrogens with two attached hydrogens (primary N) is 1. The lowest BCUT2D eigenvalue weighted by Crippen LogP contribution is -2.07. The molecule has 0 spiro atoms. The highest BCUT2D eigenvalue weighted by Crippen LogP contribution is 2.06. The van der Waals surface area contributed by atoms with Crippen LogP contribution in [0.1, 0.15) is 44.3 Å². The van der Waals surface area contributed by atoms with Crippen LogP contribution < -0.4 is 5.73 Å². The largest absolute Gasteiger partial charge is 0.324 e. The molecule has 0 aromatic carbocycles. The molecule has 0 fully saturated rings. The van der Waals surface area contributed by atoms with Gasteiger partial charge >= 0.3 is 0 Å². The normalized spacial score (nSPS) is 10.8. The standard InChI is InChI=1S/C10H20N4/c1-3-4-5-6-7-9-12-13-10(8-11)14(9)2/h3-8,11H2,1-2H3. The van der Waals surface area contributed by atoms with E-state index in [0.29, 0.717) is 6.54 Å². The summed E-state index contributed by atoms with van der Waals surface area (Å²) in [6, 6.07) is 0. The Hall–Kier alpha value is -0.900. The molecule has 0 amide bonds. The molecule has 14 heavy (non-hydrogen) atoms. The Kier molecular flexibility index (Phi) is 4.59. The molecular weight excluding hydrogens is 176 g/mol. The molecule has 0 aliphatic heterocycles. The van der Waals surface area contributed by atoms with Gasteiger partial charge in [0.25, 0.3) is 0 Å². The Balaban J connectivity index is 2.39. The van der Waals surface area contributed by atoms with Crippen LogP contribution in [0.4, 0.5) is 0 Å². The maximum Gasteiger partial charge on any atom is 0.146 e. The highest BCUT2D eigenvalue weighted by Gasteiger charge is 2.05. The van der Waals surface area contributed by atoms with Crippen LogP contribution in [-0.2, 0) is 20.0 Å². The van der Waals surface area contributed by atoms with Gasteiger partial charge in [0.1, 0.15) is 11.6 Å². The molecule has 0 aliphatic rings. The second-order valence-corrected chi connectivity index (χ2v) is 3.61. The SMILES string of the molecule is CCCCCCc1nnc(CN)n1C. The number of hydrogen-bond acceptors (Lipinski definition) is 3. The van der Waals surface area contributed by atoms with Crippen molar-refractivity contribution in [2.75, 3.05) is 0 Å². The van der Waals surface area contributed by atoms with Crippen molar-refractivity contribution in [3.63, 3.8) is 0 Å². The van der Waals surface area contributed by atoms with Crippen molar-refractivity contribution in [1.29, 1.82) is 0 Å². The van der Waals surface area contributed by atoms with Crippen LogP contribution in [0.2, 0.25) is 0 Å². The predicted molar refractivity (Wildman–Crippen MR) is 56.7 cm³/mol. The van der Waals surface area contributed by atoms with E-state index in [1.165, 1.54) is 25.7 Å². The monoisotopic (exact) mass is 196 g/mol. The van der Waals surface area contributed by atoms with E-state index in [4.69, 9.17) is 5.73 Å². The molecule has 1 aromatic rings. The fraction of sp³-hybridized carbons (Fsp3) is 0.800. The second kappa shape index (κ2) is 5.75. The lowest BCUT2D eigenvalue weighted by atomic mass is 10.1. The minimum atomic E-state index is 0.471. The molecule has 2 N–H and O–H groups in total. The summed E-state index contributed by atoms with van der Waals surface area (Å²) in [7, 11) is 1.98. The molecule has 1 aromatic heterocycles. The van der Waals surface area contributed by atoms with Crippen molar-refractivity contribution in [1.82, 2.24) is 14.8 Å². The first kappa shape index (κ1) is 11.2. The molecule has 0 aliphatic carbocycles. The summed E-state index contributed by atoms with van der Waals surface area (Å²) in [5.41, 5.74) is 5.52. The number of hydrogen-bond donors (Lipinski definition) is 1. The van der Waals surface area contributed by atoms with Crippen molar-refractivity contribution in [3.05, 3.63) is 11.6 Å². The smallest absolute Gasteiger partial charge is 0.146 e. The van der Waals surface area contributed by atoms with Gasteiger partial charge in [0.2, 0.25) is 0 Å². The Labute approximate surface area is 85.5 Å². The zero-order chi connectivity index (χ0) is 10.4. The van der Waals surface area contributed by atoms with Crippen molar-refractivity contribution in [2.24, 2.45) is 12.8 Å². The molecule has 0 bridgehead atoms. The van der Waals surface area contributed by atoms with Gasteiger partial charge in [-0.15, -0.1) is 10.2 Å². The zero-order valence-corrected chi connectivity index (χ0v) is 9.16. The molecule has 0 saturated carbocycles. The van der Waals surface area contributed by atoms with Crippen LogP contribution in [-0.4, -0.2) is 14.8 Å². The van der Waals surface area contributed by atoms with E-state index in [9.17, 15) is 0 Å². The molecule has 4 heteroatoms. The van der Waals surface area contributed by atoms with Gasteiger partial charge in [0, 0.05) is 13.5 Å². The van der Waals surface area contributed by atoms with Gasteiger partial charge in [0.15, 0.2) is 0 Å². The Morgan fingerprint density at radius 3 is 2.43 bits per heavy atom. The predicted octanol–water partition coefficient (Wildman–Crippen LogP) is 1.40. The van der Waals surface area contributed by atoms with Crippen molar-refractivity contribution < 1.29 is 0 Å². The van der Waals surface area contributed by atoms with E-state index >= 15 is 0 Å². The lowest BCUT2D eigenvalue weighted by Gasteiger charge is -2.01. The number of aromatic nitrogens is 3. The number of nitrogens with zero attached hydrogens (tertiary/aromatic N) is 3. The minimum Gasteiger partial charge on any atom is -0.324 e. The average molecular weight is 196 g/mol. The van der Waals surface area contributed by atoms with Crippen molar-refractivity contribution in [2.45, 2.75) is 45.6 Å². The van der Waals surface area contributed by atoms with Gasteiger partial charge in [-0.05, 0) is 6.42 Å². The topological polar surface area (TPSA) is 56.7 Å². The zero-order valence-electron chi connectivity index (χ0n) is 9.16. The molecule has 0 radical (unpaired) electrons. The van der Waals surface area contributed by atoms with Gasteiger partial charge in [0.05, 0.1) is 6.54 Å². The van der Waals surface area contributed by atoms with Crippen LogP contribution in [0, 0.1) is 0 Å². The first-order valence-corrected chi connectivity index (χ1v) is 5.36. The Morgan fingerprint density at radius 1 is 1.14 bits per heavy atom. The molecule has 80 valence electrons. The van der Waals surface area contributed by atoms with E-state index in [2.05, 4.69) is 17.1 Å². The highest BCUT2D eigenvalue weighted by molar-refractivity contribution is 4.94. The summed E-state index contributed by atoms with van der Waals surface area (Å²) in [5, 5.41) is 8.14. The maximum absolute atomic E-state index is 5.52. The van der Waals surface area contributed by atoms with Crippen LogP contribution >= 0.6 is 0 Å². The average Bonchev–Trinajstić information content (AvgIpc) is 2.55. The summed E-state index contributed by atoms with van der Waals surface area (Å²) in [5.74, 6) is 1.93. The molecule has 0 atom stereocenters. The summed E-state index contributed by atoms with van der Waals surface area (Å²) in [6.07, 6.45) is 6.07. The van der Waals surface area contributed by atoms with Crippen LogP contribution in [0.3, 0.4) is 0 Å². The van der Waals surface area contributed by atoms with E-state index in [0.717, 1.165) is 18.1 Å². The number of aryl methyl sites for hydroxylation is 1. The minimum absolute atomic E-state index is 0.471. The van der Waals surface area contributed by atoms with Gasteiger partial charge in [-0.2, -0.15) is 0 Å². The van der Waals surface area contributed by atoms with Crippen LogP contribution in [0.15, 0.2) is 0 Å². The molecule has 1 heterocycles. The van der Waals surface area contributed by atoms with E-state index < -0.39 is 0 Å². The highest BCUT2D eigenvalue weighted by atomic mass is 15.3. The summed E-state index contributed by atoms with van der Waals surface area (Å²) < 4.78 is 2.01. The van der Waals surface area contributed by atoms with Crippen molar-refractivity contribution in [3.8, 4) is 0 Å². The number of rotatable bonds is 6. The quantitative estimate of drug-likeness (QED) is 0.700. The van der Waals surface area contributed by atoms with Crippen LogP contribution in [0.5, 0.6) is 0 Å². The molecular formula is C10H20N4. The fourth-order valence-electron chi connectivity index (χ4n) is 1.50. The first-order valence-electron chi connectivity index (χ1n) is 5.36. The van der Waals surface area contributed by atoms with E-state index in [-0.39, 0.29) is 0 Å². The van der Waals surface area contributed by atoms with Gasteiger partial charge in [-0.1, -0.05) is 26.2 Å².